The molecule has 0 aliphatic heterocycles. The van der Waals surface area contributed by atoms with Crippen LogP contribution in [0.15, 0.2) is 117 Å². The fourth-order valence-electron chi connectivity index (χ4n) is 5.44. The van der Waals surface area contributed by atoms with Crippen LogP contribution >= 0.6 is 0 Å². The van der Waals surface area contributed by atoms with Crippen LogP contribution in [0.25, 0.3) is 20.9 Å². The van der Waals surface area contributed by atoms with Gasteiger partial charge in [-0.15, -0.1) is 0 Å². The van der Waals surface area contributed by atoms with Gasteiger partial charge in [0.1, 0.15) is 0 Å². The van der Waals surface area contributed by atoms with Gasteiger partial charge >= 0.3 is 5.97 Å². The number of hydrogen-bond acceptors (Lipinski definition) is 15. The number of sulfone groups is 2. The summed E-state index contributed by atoms with van der Waals surface area (Å²) >= 11 is 0. The smallest absolute Gasteiger partial charge is 0.335 e. The number of ketones is 2. The minimum atomic E-state index is -3.55. The van der Waals surface area contributed by atoms with E-state index in [0.717, 1.165) is 11.1 Å². The molecule has 372 valence electrons. The fraction of sp³-hybridized carbons (Fsp3) is 0.391. The van der Waals surface area contributed by atoms with Gasteiger partial charge in [0.05, 0.1) is 79.7 Å². The topological polar surface area (TPSA) is 329 Å². The number of aromatic carboxylic acids is 1. The first kappa shape index (κ1) is 58.6. The summed E-state index contributed by atoms with van der Waals surface area (Å²) in [6.07, 6.45) is -0.295. The van der Waals surface area contributed by atoms with Crippen molar-refractivity contribution in [2.24, 2.45) is 16.0 Å². The lowest BCUT2D eigenvalue weighted by molar-refractivity contribution is 0.0511. The molecule has 0 unspecified atom stereocenters. The zero-order valence-corrected chi connectivity index (χ0v) is 40.1. The second kappa shape index (κ2) is 33.1. The molecule has 4 N–H and O–H groups in total. The van der Waals surface area contributed by atoms with Crippen LogP contribution in [0.3, 0.4) is 0 Å². The first-order chi connectivity index (χ1) is 33.0. The Labute approximate surface area is 401 Å². The predicted molar refractivity (Wildman–Crippen MR) is 257 cm³/mol. The summed E-state index contributed by atoms with van der Waals surface area (Å²) in [6.45, 7) is 8.57. The van der Waals surface area contributed by atoms with Crippen LogP contribution in [-0.2, 0) is 38.6 Å². The number of amides is 1. The van der Waals surface area contributed by atoms with Gasteiger partial charge in [-0.25, -0.2) is 21.6 Å². The van der Waals surface area contributed by atoms with Crippen molar-refractivity contribution in [3.8, 4) is 0 Å². The number of carbonyl (C=O) groups is 4. The number of nitrogens with one attached hydrogen (secondary N) is 1. The van der Waals surface area contributed by atoms with E-state index in [1.165, 1.54) is 72.8 Å². The molecule has 0 atom stereocenters. The van der Waals surface area contributed by atoms with E-state index < -0.39 is 25.6 Å². The van der Waals surface area contributed by atoms with E-state index in [0.29, 0.717) is 89.2 Å². The monoisotopic (exact) mass is 994 g/mol. The molecule has 0 radical (unpaired) electrons. The highest BCUT2D eigenvalue weighted by atomic mass is 32.2. The Bertz CT molecular complexity index is 2530. The third kappa shape index (κ3) is 24.4. The van der Waals surface area contributed by atoms with Crippen LogP contribution in [0.4, 0.5) is 0 Å². The maximum absolute atomic E-state index is 12.4. The maximum atomic E-state index is 12.4. The number of benzene rings is 4. The lowest BCUT2D eigenvalue weighted by Gasteiger charge is -2.08. The summed E-state index contributed by atoms with van der Waals surface area (Å²) < 4.78 is 69.8. The van der Waals surface area contributed by atoms with Gasteiger partial charge < -0.3 is 35.1 Å². The van der Waals surface area contributed by atoms with Crippen LogP contribution in [0.5, 0.6) is 0 Å². The Kier molecular flexibility index (Phi) is 28.1. The zero-order chi connectivity index (χ0) is 50.9. The number of Topliss-reactive ketones (excluding diaryl/α,β-unsaturated/α-hetero) is 2. The summed E-state index contributed by atoms with van der Waals surface area (Å²) in [4.78, 5) is 53.0. The summed E-state index contributed by atoms with van der Waals surface area (Å²) in [7, 11) is -7.06. The van der Waals surface area contributed by atoms with Crippen molar-refractivity contribution in [3.63, 3.8) is 0 Å². The summed E-state index contributed by atoms with van der Waals surface area (Å²) in [5.74, 6) is -2.60. The lowest BCUT2D eigenvalue weighted by Crippen LogP contribution is -2.27. The highest BCUT2D eigenvalue weighted by Gasteiger charge is 2.19. The molecule has 0 saturated heterocycles. The van der Waals surface area contributed by atoms with Crippen molar-refractivity contribution in [3.05, 3.63) is 151 Å². The number of carboxylic acids is 1. The van der Waals surface area contributed by atoms with E-state index in [9.17, 15) is 36.0 Å². The number of nitrogens with two attached hydrogens (primary N) is 1. The Balaban J connectivity index is 0.000000400. The lowest BCUT2D eigenvalue weighted by atomic mass is 10.1. The zero-order valence-electron chi connectivity index (χ0n) is 38.5. The minimum absolute atomic E-state index is 0.0776. The number of rotatable bonds is 29. The normalized spacial score (nSPS) is 10.8. The molecular weight excluding hydrogens is 937 g/mol. The van der Waals surface area contributed by atoms with E-state index in [2.05, 4.69) is 25.4 Å². The molecule has 0 aromatic heterocycles. The molecular formula is C46H58N8O13S2. The number of aryl methyl sites for hydroxylation is 2. The number of carbonyl (C=O) groups excluding carboxylic acids is 3. The van der Waals surface area contributed by atoms with Crippen LogP contribution in [0.1, 0.15) is 65.4 Å². The van der Waals surface area contributed by atoms with Crippen LogP contribution in [0, 0.1) is 13.8 Å². The van der Waals surface area contributed by atoms with E-state index in [1.807, 2.05) is 13.8 Å². The quantitative estimate of drug-likeness (QED) is 0.0181. The number of azide groups is 2. The van der Waals surface area contributed by atoms with Crippen molar-refractivity contribution in [2.45, 2.75) is 36.5 Å². The Morgan fingerprint density at radius 3 is 1.29 bits per heavy atom. The molecule has 1 amide bonds. The number of ether oxygens (including phenoxy) is 4. The molecule has 0 aliphatic carbocycles. The van der Waals surface area contributed by atoms with E-state index in [1.54, 1.807) is 24.3 Å². The van der Waals surface area contributed by atoms with Gasteiger partial charge in [0.25, 0.3) is 5.91 Å². The number of carboxylic acid groups (broad SMARTS) is 1. The summed E-state index contributed by atoms with van der Waals surface area (Å²) in [6, 6.07) is 24.5. The van der Waals surface area contributed by atoms with Crippen LogP contribution in [-0.4, -0.2) is 136 Å². The minimum Gasteiger partial charge on any atom is -0.478 e. The number of hydrogen-bond donors (Lipinski definition) is 3. The molecule has 0 saturated carbocycles. The van der Waals surface area contributed by atoms with Crippen molar-refractivity contribution in [1.29, 1.82) is 0 Å². The molecule has 0 heterocycles. The Morgan fingerprint density at radius 2 is 0.913 bits per heavy atom. The van der Waals surface area contributed by atoms with Crippen molar-refractivity contribution in [1.82, 2.24) is 5.32 Å². The van der Waals surface area contributed by atoms with Crippen LogP contribution < -0.4 is 11.1 Å². The highest BCUT2D eigenvalue weighted by molar-refractivity contribution is 7.91. The summed E-state index contributed by atoms with van der Waals surface area (Å²) in [5.41, 5.74) is 24.2. The van der Waals surface area contributed by atoms with Gasteiger partial charge in [-0.3, -0.25) is 14.4 Å². The van der Waals surface area contributed by atoms with Crippen molar-refractivity contribution >= 4 is 43.1 Å². The fourth-order valence-corrected chi connectivity index (χ4v) is 7.92. The second-order valence-electron chi connectivity index (χ2n) is 14.5. The van der Waals surface area contributed by atoms with E-state index in [4.69, 9.17) is 40.8 Å². The molecule has 23 heteroatoms. The summed E-state index contributed by atoms with van der Waals surface area (Å²) in [5, 5.41) is 18.2. The van der Waals surface area contributed by atoms with Gasteiger partial charge in [-0.1, -0.05) is 69.9 Å². The SMILES string of the molecule is Cc1ccc(S(=O)(=O)CCC(=O)c2ccc(C(=O)NCCOCCOCCN=[N+]=[N-])cc2)cc1.Cc1ccc(S(=O)(=O)CCC(=O)c2ccc(C(=O)O)cc2)cc1.[N-]=[N+]=NCCOCCOCCN. The third-order valence-corrected chi connectivity index (χ3v) is 12.7. The molecule has 4 aromatic carbocycles. The predicted octanol–water partition coefficient (Wildman–Crippen LogP) is 6.14. The Hall–Kier alpha value is -6.52. The first-order valence-electron chi connectivity index (χ1n) is 21.4. The Morgan fingerprint density at radius 1 is 0.551 bits per heavy atom. The van der Waals surface area contributed by atoms with E-state index in [-0.39, 0.29) is 63.7 Å². The molecule has 0 fully saturated rings. The van der Waals surface area contributed by atoms with Crippen molar-refractivity contribution in [2.75, 3.05) is 90.5 Å². The third-order valence-electron chi connectivity index (χ3n) is 9.21. The molecule has 0 spiro atoms. The largest absolute Gasteiger partial charge is 0.478 e. The molecule has 4 rings (SSSR count). The molecule has 0 aliphatic rings. The standard InChI is InChI=1S/C23H28N4O6S.C17H16O5S.C6H14N4O2/c1-18-2-8-21(9-3-18)34(30,31)17-10-22(28)19-4-6-20(7-5-19)23(29)25-11-13-32-15-16-33-14-12-26-27-24;1-12-2-8-15(9-3-12)23(21,22)11-10-16(18)13-4-6-14(7-5-13)17(19)20;7-1-3-11-5-6-12-4-2-9-10-8/h2-9H,10-17H2,1H3,(H,25,29);2-9H,10-11H2,1H3,(H,19,20);1-7H2. The van der Waals surface area contributed by atoms with E-state index >= 15 is 0 Å². The van der Waals surface area contributed by atoms with Gasteiger partial charge in [0, 0.05) is 65.5 Å². The highest BCUT2D eigenvalue weighted by Crippen LogP contribution is 2.17. The number of nitrogens with zero attached hydrogens (tertiary/aromatic N) is 6. The van der Waals surface area contributed by atoms with Gasteiger partial charge in [0.2, 0.25) is 0 Å². The maximum Gasteiger partial charge on any atom is 0.335 e. The van der Waals surface area contributed by atoms with Gasteiger partial charge in [-0.05, 0) is 73.4 Å². The molecule has 21 nitrogen and oxygen atoms in total. The second-order valence-corrected chi connectivity index (χ2v) is 18.7. The first-order valence-corrected chi connectivity index (χ1v) is 24.7. The van der Waals surface area contributed by atoms with Gasteiger partial charge in [0.15, 0.2) is 31.2 Å². The molecule has 0 bridgehead atoms. The molecule has 69 heavy (non-hydrogen) atoms. The van der Waals surface area contributed by atoms with Gasteiger partial charge in [-0.2, -0.15) is 0 Å². The molecule has 4 aromatic rings. The van der Waals surface area contributed by atoms with Crippen LogP contribution in [0.2, 0.25) is 0 Å². The van der Waals surface area contributed by atoms with Crippen molar-refractivity contribution < 1.29 is 60.1 Å². The average molecular weight is 995 g/mol. The average Bonchev–Trinajstić information content (AvgIpc) is 3.34.